The predicted octanol–water partition coefficient (Wildman–Crippen LogP) is 15.4. The van der Waals surface area contributed by atoms with E-state index in [2.05, 4.69) is 70.7 Å². The molecule has 0 amide bonds. The van der Waals surface area contributed by atoms with Crippen LogP contribution in [-0.4, -0.2) is 0 Å². The quantitative estimate of drug-likeness (QED) is 0.171. The molecule has 0 N–H and O–H groups in total. The molecule has 0 aliphatic carbocycles. The number of thiophene rings is 10. The van der Waals surface area contributed by atoms with Crippen LogP contribution in [0.3, 0.4) is 0 Å². The summed E-state index contributed by atoms with van der Waals surface area (Å²) in [6.07, 6.45) is 0. The van der Waals surface area contributed by atoms with Gasteiger partial charge in [0.2, 0.25) is 0 Å². The Morgan fingerprint density at radius 2 is 0.738 bits per heavy atom. The van der Waals surface area contributed by atoms with E-state index in [1.54, 1.807) is 0 Å². The van der Waals surface area contributed by atoms with Gasteiger partial charge >= 0.3 is 0 Å². The minimum absolute atomic E-state index is 1.40. The average Bonchev–Trinajstić information content (AvgIpc) is 3.76. The van der Waals surface area contributed by atoms with Crippen molar-refractivity contribution >= 4 is 181 Å². The van der Waals surface area contributed by atoms with Crippen LogP contribution in [-0.2, 0) is 0 Å². The van der Waals surface area contributed by atoms with E-state index in [1.165, 1.54) is 97.1 Å². The summed E-state index contributed by atoms with van der Waals surface area (Å²) in [6, 6.07) is 21.4. The van der Waals surface area contributed by atoms with Gasteiger partial charge in [0, 0.05) is 83.0 Å². The molecule has 0 fully saturated rings. The highest BCUT2D eigenvalue weighted by Gasteiger charge is 2.23. The van der Waals surface area contributed by atoms with Gasteiger partial charge in [-0.15, -0.1) is 113 Å². The Morgan fingerprint density at radius 1 is 0.310 bits per heavy atom. The standard InChI is InChI=1S/C32H12S10/c1-4-33-18-9-23(36-15(1)18)21-7-13-28-29(42-27-12-26(41-32(27)28)25-11-20-17(38-25)3-6-35-20)14-8-22(40-31(14)30(13)39-21)24-10-19-16(37-24)2-5-34-19/h1-12H. The highest BCUT2D eigenvalue weighted by Crippen LogP contribution is 2.55. The molecule has 10 heterocycles. The molecule has 0 spiro atoms. The molecule has 0 aliphatic heterocycles. The van der Waals surface area contributed by atoms with Gasteiger partial charge in [-0.2, -0.15) is 0 Å². The van der Waals surface area contributed by atoms with Crippen LogP contribution < -0.4 is 0 Å². The van der Waals surface area contributed by atoms with Gasteiger partial charge in [0.05, 0.1) is 14.1 Å². The van der Waals surface area contributed by atoms with Crippen molar-refractivity contribution in [3.8, 4) is 29.3 Å². The van der Waals surface area contributed by atoms with Crippen molar-refractivity contribution < 1.29 is 0 Å². The summed E-state index contributed by atoms with van der Waals surface area (Å²) in [7, 11) is 0. The SMILES string of the molecule is c1cc2sc(-c3cc4c(s3)c3sc(-c5cc6sccc6s5)cc3c3c5sc(-c6cc7sccc7s6)cc5sc43)cc2s1. The van der Waals surface area contributed by atoms with Gasteiger partial charge in [-0.3, -0.25) is 0 Å². The molecule has 0 bridgehead atoms. The molecule has 0 unspecified atom stereocenters. The van der Waals surface area contributed by atoms with Crippen LogP contribution in [0.25, 0.3) is 97.1 Å². The molecule has 200 valence electrons. The second-order valence-corrected chi connectivity index (χ2v) is 20.4. The van der Waals surface area contributed by atoms with Gasteiger partial charge in [0.1, 0.15) is 0 Å². The van der Waals surface area contributed by atoms with E-state index in [1.807, 2.05) is 113 Å². The molecule has 0 nitrogen and oxygen atoms in total. The Bertz CT molecular complexity index is 2730. The zero-order valence-electron chi connectivity index (χ0n) is 21.0. The summed E-state index contributed by atoms with van der Waals surface area (Å²) in [5.41, 5.74) is 0. The largest absolute Gasteiger partial charge is 0.143 e. The van der Waals surface area contributed by atoms with Crippen molar-refractivity contribution in [2.45, 2.75) is 0 Å². The summed E-state index contributed by atoms with van der Waals surface area (Å²) in [5, 5.41) is 10.9. The minimum atomic E-state index is 1.40. The van der Waals surface area contributed by atoms with E-state index in [-0.39, 0.29) is 0 Å². The second-order valence-electron chi connectivity index (χ2n) is 10.1. The van der Waals surface area contributed by atoms with Crippen LogP contribution in [0.15, 0.2) is 70.7 Å². The first-order valence-corrected chi connectivity index (χ1v) is 21.4. The van der Waals surface area contributed by atoms with Gasteiger partial charge in [0.25, 0.3) is 0 Å². The van der Waals surface area contributed by atoms with Crippen molar-refractivity contribution in [2.75, 3.05) is 0 Å². The molecule has 1 aromatic carbocycles. The third kappa shape index (κ3) is 3.39. The summed E-state index contributed by atoms with van der Waals surface area (Å²) in [5.74, 6) is 0. The average molecular weight is 717 g/mol. The van der Waals surface area contributed by atoms with Gasteiger partial charge in [-0.25, -0.2) is 0 Å². The van der Waals surface area contributed by atoms with E-state index in [9.17, 15) is 0 Å². The van der Waals surface area contributed by atoms with Gasteiger partial charge in [-0.05, 0) is 70.7 Å². The smallest absolute Gasteiger partial charge is 0.0543 e. The molecule has 10 heteroatoms. The lowest BCUT2D eigenvalue weighted by atomic mass is 10.1. The minimum Gasteiger partial charge on any atom is -0.143 e. The maximum atomic E-state index is 2.50. The fourth-order valence-electron chi connectivity index (χ4n) is 5.82. The number of hydrogen-bond donors (Lipinski definition) is 0. The molecule has 11 rings (SSSR count). The van der Waals surface area contributed by atoms with E-state index in [4.69, 9.17) is 0 Å². The van der Waals surface area contributed by atoms with Crippen LogP contribution in [0.1, 0.15) is 0 Å². The van der Waals surface area contributed by atoms with E-state index < -0.39 is 0 Å². The maximum Gasteiger partial charge on any atom is 0.0543 e. The predicted molar refractivity (Wildman–Crippen MR) is 204 cm³/mol. The van der Waals surface area contributed by atoms with Crippen molar-refractivity contribution in [1.29, 1.82) is 0 Å². The normalized spacial score (nSPS) is 12.8. The molecule has 11 aromatic rings. The summed E-state index contributed by atoms with van der Waals surface area (Å²) in [4.78, 5) is 8.39. The molecule has 0 aliphatic rings. The lowest BCUT2D eigenvalue weighted by Crippen LogP contribution is -1.69. The Labute approximate surface area is 278 Å². The zero-order valence-corrected chi connectivity index (χ0v) is 29.2. The Balaban J connectivity index is 1.21. The van der Waals surface area contributed by atoms with Crippen LogP contribution in [0.5, 0.6) is 0 Å². The van der Waals surface area contributed by atoms with Crippen molar-refractivity contribution in [3.05, 3.63) is 70.7 Å². The molecular weight excluding hydrogens is 705 g/mol. The maximum absolute atomic E-state index is 2.50. The molecule has 0 saturated carbocycles. The van der Waals surface area contributed by atoms with Gasteiger partial charge in [0.15, 0.2) is 0 Å². The third-order valence-corrected chi connectivity index (χ3v) is 19.4. The fraction of sp³-hybridized carbons (Fsp3) is 0. The molecule has 10 aromatic heterocycles. The monoisotopic (exact) mass is 716 g/mol. The molecule has 0 radical (unpaired) electrons. The number of rotatable bonds is 3. The third-order valence-electron chi connectivity index (χ3n) is 7.70. The highest BCUT2D eigenvalue weighted by molar-refractivity contribution is 7.39. The van der Waals surface area contributed by atoms with Crippen LogP contribution >= 0.6 is 113 Å². The lowest BCUT2D eigenvalue weighted by molar-refractivity contribution is 2.04. The number of benzene rings is 1. The van der Waals surface area contributed by atoms with Gasteiger partial charge < -0.3 is 0 Å². The summed E-state index contributed by atoms with van der Waals surface area (Å²) < 4.78 is 15.6. The van der Waals surface area contributed by atoms with Crippen molar-refractivity contribution in [1.82, 2.24) is 0 Å². The first-order valence-electron chi connectivity index (χ1n) is 13.0. The van der Waals surface area contributed by atoms with E-state index >= 15 is 0 Å². The highest BCUT2D eigenvalue weighted by atomic mass is 32.1. The second kappa shape index (κ2) is 8.82. The van der Waals surface area contributed by atoms with Crippen LogP contribution in [0.2, 0.25) is 0 Å². The van der Waals surface area contributed by atoms with Crippen LogP contribution in [0, 0.1) is 0 Å². The van der Waals surface area contributed by atoms with E-state index in [0.29, 0.717) is 0 Å². The summed E-state index contributed by atoms with van der Waals surface area (Å²) in [6.45, 7) is 0. The zero-order chi connectivity index (χ0) is 27.1. The summed E-state index contributed by atoms with van der Waals surface area (Å²) >= 11 is 19.3. The van der Waals surface area contributed by atoms with Crippen LogP contribution in [0.4, 0.5) is 0 Å². The molecule has 42 heavy (non-hydrogen) atoms. The topological polar surface area (TPSA) is 0 Å². The first kappa shape index (κ1) is 24.4. The van der Waals surface area contributed by atoms with Crippen molar-refractivity contribution in [2.24, 2.45) is 0 Å². The first-order chi connectivity index (χ1) is 20.7. The lowest BCUT2D eigenvalue weighted by Gasteiger charge is -1.98. The number of fused-ring (bicyclic) bond motifs is 11. The Kier molecular flexibility index (Phi) is 5.12. The molecule has 0 saturated heterocycles. The molecule has 0 atom stereocenters. The Morgan fingerprint density at radius 3 is 1.29 bits per heavy atom. The van der Waals surface area contributed by atoms with E-state index in [0.717, 1.165) is 0 Å². The number of hydrogen-bond acceptors (Lipinski definition) is 10. The van der Waals surface area contributed by atoms with Crippen molar-refractivity contribution in [3.63, 3.8) is 0 Å². The fourth-order valence-corrected chi connectivity index (χ4v) is 17.6. The Hall–Kier alpha value is -1.96. The van der Waals surface area contributed by atoms with Gasteiger partial charge in [-0.1, -0.05) is 0 Å². The molecular formula is C32H12S10.